The van der Waals surface area contributed by atoms with Crippen molar-refractivity contribution in [3.63, 3.8) is 0 Å². The number of fused-ring (bicyclic) bond motifs is 1. The summed E-state index contributed by atoms with van der Waals surface area (Å²) < 4.78 is 6.03. The zero-order valence-electron chi connectivity index (χ0n) is 18.2. The molecule has 0 bridgehead atoms. The van der Waals surface area contributed by atoms with Crippen molar-refractivity contribution >= 4 is 5.78 Å². The van der Waals surface area contributed by atoms with Gasteiger partial charge in [0, 0.05) is 24.9 Å². The Morgan fingerprint density at radius 3 is 2.39 bits per heavy atom. The molecule has 0 spiro atoms. The fourth-order valence-electron chi connectivity index (χ4n) is 6.16. The van der Waals surface area contributed by atoms with Gasteiger partial charge in [0.15, 0.2) is 0 Å². The second-order valence-electron chi connectivity index (χ2n) is 9.96. The second kappa shape index (κ2) is 11.7. The number of hydrogen-bond donors (Lipinski definition) is 1. The maximum atomic E-state index is 13.1. The van der Waals surface area contributed by atoms with Gasteiger partial charge >= 0.3 is 0 Å². The first-order chi connectivity index (χ1) is 13.7. The summed E-state index contributed by atoms with van der Waals surface area (Å²) >= 11 is 0. The Hall–Kier alpha value is -0.410. The molecule has 0 saturated heterocycles. The lowest BCUT2D eigenvalue weighted by molar-refractivity contribution is -0.137. The molecule has 3 aliphatic rings. The Morgan fingerprint density at radius 2 is 1.61 bits per heavy atom. The minimum Gasteiger partial charge on any atom is -0.392 e. The van der Waals surface area contributed by atoms with Crippen molar-refractivity contribution in [1.29, 1.82) is 0 Å². The highest BCUT2D eigenvalue weighted by molar-refractivity contribution is 5.84. The van der Waals surface area contributed by atoms with Crippen LogP contribution in [0.5, 0.6) is 0 Å². The van der Waals surface area contributed by atoms with Crippen molar-refractivity contribution in [3.8, 4) is 0 Å². The van der Waals surface area contributed by atoms with Gasteiger partial charge in [-0.1, -0.05) is 64.7 Å². The molecule has 3 aliphatic carbocycles. The maximum absolute atomic E-state index is 13.1. The van der Waals surface area contributed by atoms with Gasteiger partial charge in [0.2, 0.25) is 0 Å². The zero-order chi connectivity index (χ0) is 19.8. The van der Waals surface area contributed by atoms with Gasteiger partial charge in [-0.15, -0.1) is 0 Å². The van der Waals surface area contributed by atoms with Crippen LogP contribution in [0, 0.1) is 23.7 Å². The number of ether oxygens (including phenoxy) is 1. The van der Waals surface area contributed by atoms with Crippen LogP contribution in [-0.2, 0) is 9.53 Å². The van der Waals surface area contributed by atoms with Crippen molar-refractivity contribution < 1.29 is 14.6 Å². The number of aliphatic hydroxyl groups excluding tert-OH is 1. The van der Waals surface area contributed by atoms with Gasteiger partial charge in [-0.25, -0.2) is 0 Å². The monoisotopic (exact) mass is 392 g/mol. The van der Waals surface area contributed by atoms with E-state index >= 15 is 0 Å². The van der Waals surface area contributed by atoms with Crippen molar-refractivity contribution in [2.75, 3.05) is 6.61 Å². The molecule has 6 unspecified atom stereocenters. The molecule has 28 heavy (non-hydrogen) atoms. The van der Waals surface area contributed by atoms with Crippen LogP contribution in [0.3, 0.4) is 0 Å². The summed E-state index contributed by atoms with van der Waals surface area (Å²) in [6.07, 6.45) is 18.6. The van der Waals surface area contributed by atoms with E-state index in [1.807, 2.05) is 0 Å². The predicted molar refractivity (Wildman–Crippen MR) is 114 cm³/mol. The lowest BCUT2D eigenvalue weighted by Gasteiger charge is -2.41. The van der Waals surface area contributed by atoms with E-state index in [9.17, 15) is 9.90 Å². The predicted octanol–water partition coefficient (Wildman–Crippen LogP) is 6.07. The molecule has 0 aliphatic heterocycles. The molecule has 0 radical (unpaired) electrons. The van der Waals surface area contributed by atoms with Gasteiger partial charge in [-0.2, -0.15) is 0 Å². The minimum atomic E-state index is -0.486. The van der Waals surface area contributed by atoms with Crippen molar-refractivity contribution in [2.24, 2.45) is 23.7 Å². The van der Waals surface area contributed by atoms with E-state index in [0.29, 0.717) is 12.2 Å². The van der Waals surface area contributed by atoms with Crippen LogP contribution in [0.2, 0.25) is 0 Å². The van der Waals surface area contributed by atoms with E-state index < -0.39 is 6.10 Å². The Morgan fingerprint density at radius 1 is 0.857 bits per heavy atom. The molecule has 6 atom stereocenters. The largest absolute Gasteiger partial charge is 0.392 e. The van der Waals surface area contributed by atoms with E-state index in [0.717, 1.165) is 50.5 Å². The molecule has 0 aromatic rings. The summed E-state index contributed by atoms with van der Waals surface area (Å²) in [5.41, 5.74) is 0. The lowest BCUT2D eigenvalue weighted by Crippen LogP contribution is -2.42. The number of carbonyl (C=O) groups excluding carboxylic acids is 1. The van der Waals surface area contributed by atoms with Gasteiger partial charge in [-0.3, -0.25) is 4.79 Å². The second-order valence-corrected chi connectivity index (χ2v) is 9.96. The van der Waals surface area contributed by atoms with Crippen molar-refractivity contribution in [2.45, 2.75) is 122 Å². The van der Waals surface area contributed by atoms with Crippen LogP contribution < -0.4 is 0 Å². The number of unbranched alkanes of at least 4 members (excludes halogenated alkanes) is 5. The first-order valence-corrected chi connectivity index (χ1v) is 12.5. The molecule has 0 aromatic heterocycles. The molecular formula is C25H44O3. The normalized spacial score (nSPS) is 36.1. The van der Waals surface area contributed by atoms with Crippen molar-refractivity contribution in [3.05, 3.63) is 0 Å². The highest BCUT2D eigenvalue weighted by atomic mass is 16.5. The first-order valence-electron chi connectivity index (χ1n) is 12.5. The van der Waals surface area contributed by atoms with Crippen LogP contribution in [0.25, 0.3) is 0 Å². The Balaban J connectivity index is 1.35. The van der Waals surface area contributed by atoms with E-state index in [1.165, 1.54) is 64.2 Å². The summed E-state index contributed by atoms with van der Waals surface area (Å²) in [4.78, 5) is 13.1. The lowest BCUT2D eigenvalue weighted by atomic mass is 9.65. The van der Waals surface area contributed by atoms with E-state index in [2.05, 4.69) is 6.92 Å². The molecule has 3 heteroatoms. The van der Waals surface area contributed by atoms with Crippen LogP contribution in [0.15, 0.2) is 0 Å². The molecular weight excluding hydrogens is 348 g/mol. The molecule has 3 fully saturated rings. The van der Waals surface area contributed by atoms with Crippen LogP contribution >= 0.6 is 0 Å². The number of hydrogen-bond acceptors (Lipinski definition) is 3. The quantitative estimate of drug-likeness (QED) is 0.459. The fourth-order valence-corrected chi connectivity index (χ4v) is 6.16. The third kappa shape index (κ3) is 6.29. The summed E-state index contributed by atoms with van der Waals surface area (Å²) in [5.74, 6) is 2.14. The third-order valence-electron chi connectivity index (χ3n) is 7.93. The summed E-state index contributed by atoms with van der Waals surface area (Å²) in [6, 6.07) is 0. The number of rotatable bonds is 10. The average molecular weight is 393 g/mol. The summed E-state index contributed by atoms with van der Waals surface area (Å²) in [5, 5.41) is 10.7. The first kappa shape index (κ1) is 22.3. The number of Topliss-reactive ketones (excluding diaryl/α,β-unsaturated/α-hetero) is 1. The van der Waals surface area contributed by atoms with Gasteiger partial charge in [0.1, 0.15) is 5.78 Å². The highest BCUT2D eigenvalue weighted by Gasteiger charge is 2.41. The number of ketones is 1. The minimum absolute atomic E-state index is 0.126. The van der Waals surface area contributed by atoms with E-state index in [-0.39, 0.29) is 17.9 Å². The molecule has 3 nitrogen and oxygen atoms in total. The number of carbonyl (C=O) groups is 1. The van der Waals surface area contributed by atoms with E-state index in [1.54, 1.807) is 0 Å². The van der Waals surface area contributed by atoms with Crippen molar-refractivity contribution in [1.82, 2.24) is 0 Å². The maximum Gasteiger partial charge on any atom is 0.141 e. The van der Waals surface area contributed by atoms with Gasteiger partial charge < -0.3 is 9.84 Å². The molecule has 0 aromatic carbocycles. The molecule has 0 heterocycles. The smallest absolute Gasteiger partial charge is 0.141 e. The van der Waals surface area contributed by atoms with Gasteiger partial charge in [0.05, 0.1) is 12.2 Å². The zero-order valence-corrected chi connectivity index (χ0v) is 18.2. The molecule has 1 N–H and O–H groups in total. The Labute approximate surface area is 173 Å². The highest BCUT2D eigenvalue weighted by Crippen LogP contribution is 2.44. The summed E-state index contributed by atoms with van der Waals surface area (Å²) in [7, 11) is 0. The summed E-state index contributed by atoms with van der Waals surface area (Å²) in [6.45, 7) is 3.06. The van der Waals surface area contributed by atoms with Crippen LogP contribution in [-0.4, -0.2) is 29.7 Å². The Kier molecular flexibility index (Phi) is 9.30. The van der Waals surface area contributed by atoms with Crippen LogP contribution in [0.4, 0.5) is 0 Å². The SMILES string of the molecule is CCCCCCCCOC1CCC(C(=O)C2CCC3CCCCC3C2)C(O)C1. The average Bonchev–Trinajstić information content (AvgIpc) is 2.72. The molecule has 162 valence electrons. The third-order valence-corrected chi connectivity index (χ3v) is 7.93. The Bertz CT molecular complexity index is 463. The van der Waals surface area contributed by atoms with Gasteiger partial charge in [0.25, 0.3) is 0 Å². The molecule has 0 amide bonds. The van der Waals surface area contributed by atoms with Gasteiger partial charge in [-0.05, 0) is 50.4 Å². The fraction of sp³-hybridized carbons (Fsp3) is 0.960. The van der Waals surface area contributed by atoms with Crippen LogP contribution in [0.1, 0.15) is 110 Å². The standard InChI is InChI=1S/C25H44O3/c1-2-3-4-5-6-9-16-28-22-14-15-23(24(26)18-22)25(27)21-13-12-19-10-7-8-11-20(19)17-21/h19-24,26H,2-18H2,1H3. The van der Waals surface area contributed by atoms with E-state index in [4.69, 9.17) is 4.74 Å². The number of aliphatic hydroxyl groups is 1. The topological polar surface area (TPSA) is 46.5 Å². The molecule has 3 saturated carbocycles. The molecule has 3 rings (SSSR count).